The Hall–Kier alpha value is -4.11. The third-order valence-corrected chi connectivity index (χ3v) is 6.41. The Labute approximate surface area is 206 Å². The molecule has 178 valence electrons. The van der Waals surface area contributed by atoms with Gasteiger partial charge in [-0.05, 0) is 68.1 Å². The lowest BCUT2D eigenvalue weighted by Crippen LogP contribution is -2.66. The van der Waals surface area contributed by atoms with Crippen molar-refractivity contribution in [2.24, 2.45) is 0 Å². The standard InChI is InChI=1S/C29H29N3O3/c1-21-19-24(13-16-26(21)30-4)31-20-27(33)32(29(2,3)28(31)34)17-8-18-35-25-14-11-23(12-15-25)22-9-6-5-7-10-22/h5-7,9-16,19H,8,17-18,20H2,1-3H3. The zero-order valence-electron chi connectivity index (χ0n) is 20.3. The van der Waals surface area contributed by atoms with Crippen LogP contribution in [0.5, 0.6) is 5.75 Å². The summed E-state index contributed by atoms with van der Waals surface area (Å²) in [4.78, 5) is 33.0. The van der Waals surface area contributed by atoms with E-state index >= 15 is 0 Å². The SMILES string of the molecule is [C-]#[N+]c1ccc(N2CC(=O)N(CCCOc3ccc(-c4ccccc4)cc3)C(C)(C)C2=O)cc1C. The number of piperazine rings is 1. The molecule has 4 rings (SSSR count). The molecule has 6 nitrogen and oxygen atoms in total. The van der Waals surface area contributed by atoms with Crippen LogP contribution in [0.4, 0.5) is 11.4 Å². The van der Waals surface area contributed by atoms with Crippen molar-refractivity contribution in [3.05, 3.63) is 89.8 Å². The van der Waals surface area contributed by atoms with Gasteiger partial charge >= 0.3 is 0 Å². The molecule has 35 heavy (non-hydrogen) atoms. The fourth-order valence-corrected chi connectivity index (χ4v) is 4.38. The maximum atomic E-state index is 13.3. The second-order valence-electron chi connectivity index (χ2n) is 9.17. The number of ether oxygens (including phenoxy) is 1. The largest absolute Gasteiger partial charge is 0.494 e. The summed E-state index contributed by atoms with van der Waals surface area (Å²) in [6.45, 7) is 13.5. The molecule has 1 heterocycles. The molecule has 0 aliphatic carbocycles. The lowest BCUT2D eigenvalue weighted by Gasteiger charge is -2.45. The number of rotatable bonds is 7. The van der Waals surface area contributed by atoms with Crippen LogP contribution >= 0.6 is 0 Å². The topological polar surface area (TPSA) is 54.2 Å². The number of benzene rings is 3. The van der Waals surface area contributed by atoms with Gasteiger partial charge in [0.15, 0.2) is 5.69 Å². The number of aryl methyl sites for hydroxylation is 1. The van der Waals surface area contributed by atoms with Crippen LogP contribution in [0.25, 0.3) is 16.0 Å². The third kappa shape index (κ3) is 5.04. The van der Waals surface area contributed by atoms with Crippen molar-refractivity contribution in [1.29, 1.82) is 0 Å². The highest BCUT2D eigenvalue weighted by Crippen LogP contribution is 2.31. The Kier molecular flexibility index (Phi) is 6.88. The fraction of sp³-hybridized carbons (Fsp3) is 0.276. The molecule has 3 aromatic carbocycles. The molecule has 1 aliphatic heterocycles. The molecular formula is C29H29N3O3. The highest BCUT2D eigenvalue weighted by Gasteiger charge is 2.45. The zero-order valence-corrected chi connectivity index (χ0v) is 20.3. The molecule has 0 saturated carbocycles. The van der Waals surface area contributed by atoms with E-state index in [-0.39, 0.29) is 18.4 Å². The molecule has 0 aromatic heterocycles. The lowest BCUT2D eigenvalue weighted by atomic mass is 9.96. The second kappa shape index (κ2) is 10.0. The van der Waals surface area contributed by atoms with E-state index < -0.39 is 5.54 Å². The van der Waals surface area contributed by atoms with E-state index in [9.17, 15) is 9.59 Å². The molecular weight excluding hydrogens is 438 g/mol. The molecule has 1 aliphatic rings. The van der Waals surface area contributed by atoms with Crippen molar-refractivity contribution in [2.75, 3.05) is 24.6 Å². The van der Waals surface area contributed by atoms with E-state index in [4.69, 9.17) is 11.3 Å². The molecule has 0 bridgehead atoms. The molecule has 6 heteroatoms. The number of hydrogen-bond donors (Lipinski definition) is 0. The first-order valence-corrected chi connectivity index (χ1v) is 11.7. The predicted molar refractivity (Wildman–Crippen MR) is 138 cm³/mol. The summed E-state index contributed by atoms with van der Waals surface area (Å²) in [5.74, 6) is 0.535. The molecule has 0 atom stereocenters. The van der Waals surface area contributed by atoms with Gasteiger partial charge in [0.1, 0.15) is 17.8 Å². The number of anilines is 1. The summed E-state index contributed by atoms with van der Waals surface area (Å²) >= 11 is 0. The fourth-order valence-electron chi connectivity index (χ4n) is 4.38. The summed E-state index contributed by atoms with van der Waals surface area (Å²) < 4.78 is 5.89. The van der Waals surface area contributed by atoms with Gasteiger partial charge in [-0.1, -0.05) is 48.5 Å². The minimum absolute atomic E-state index is 0.0130. The molecule has 0 N–H and O–H groups in total. The van der Waals surface area contributed by atoms with Crippen LogP contribution < -0.4 is 9.64 Å². The van der Waals surface area contributed by atoms with Crippen molar-refractivity contribution in [3.63, 3.8) is 0 Å². The monoisotopic (exact) mass is 467 g/mol. The van der Waals surface area contributed by atoms with Crippen molar-refractivity contribution in [2.45, 2.75) is 32.7 Å². The van der Waals surface area contributed by atoms with Gasteiger partial charge in [0.25, 0.3) is 5.91 Å². The average Bonchev–Trinajstić information content (AvgIpc) is 2.86. The van der Waals surface area contributed by atoms with Crippen LogP contribution in [-0.4, -0.2) is 41.9 Å². The summed E-state index contributed by atoms with van der Waals surface area (Å²) in [5.41, 5.74) is 3.27. The van der Waals surface area contributed by atoms with Crippen molar-refractivity contribution in [1.82, 2.24) is 4.90 Å². The number of carbonyl (C=O) groups excluding carboxylic acids is 2. The Bertz CT molecular complexity index is 1260. The Balaban J connectivity index is 1.34. The summed E-state index contributed by atoms with van der Waals surface area (Å²) in [5, 5.41) is 0. The first-order valence-electron chi connectivity index (χ1n) is 11.7. The summed E-state index contributed by atoms with van der Waals surface area (Å²) in [7, 11) is 0. The van der Waals surface area contributed by atoms with E-state index in [2.05, 4.69) is 17.0 Å². The molecule has 0 spiro atoms. The highest BCUT2D eigenvalue weighted by atomic mass is 16.5. The minimum atomic E-state index is -0.973. The van der Waals surface area contributed by atoms with Gasteiger partial charge in [-0.3, -0.25) is 9.59 Å². The van der Waals surface area contributed by atoms with E-state index in [1.54, 1.807) is 36.9 Å². The summed E-state index contributed by atoms with van der Waals surface area (Å²) in [6.07, 6.45) is 0.613. The lowest BCUT2D eigenvalue weighted by molar-refractivity contribution is -0.148. The van der Waals surface area contributed by atoms with Crippen LogP contribution in [-0.2, 0) is 9.59 Å². The van der Waals surface area contributed by atoms with Crippen LogP contribution in [0, 0.1) is 13.5 Å². The van der Waals surface area contributed by atoms with E-state index in [1.807, 2.05) is 49.4 Å². The number of carbonyl (C=O) groups is 2. The van der Waals surface area contributed by atoms with Gasteiger partial charge in [-0.2, -0.15) is 0 Å². The first-order chi connectivity index (χ1) is 16.8. The minimum Gasteiger partial charge on any atom is -0.494 e. The molecule has 2 amide bonds. The van der Waals surface area contributed by atoms with Gasteiger partial charge in [0.05, 0.1) is 13.2 Å². The Morgan fingerprint density at radius 3 is 2.31 bits per heavy atom. The van der Waals surface area contributed by atoms with E-state index in [1.165, 1.54) is 4.90 Å². The third-order valence-electron chi connectivity index (χ3n) is 6.41. The van der Waals surface area contributed by atoms with Crippen LogP contribution in [0.2, 0.25) is 0 Å². The van der Waals surface area contributed by atoms with Crippen LogP contribution in [0.3, 0.4) is 0 Å². The maximum absolute atomic E-state index is 13.3. The number of nitrogens with zero attached hydrogens (tertiary/aromatic N) is 3. The number of amides is 2. The van der Waals surface area contributed by atoms with Gasteiger partial charge in [0.2, 0.25) is 5.91 Å². The Morgan fingerprint density at radius 1 is 0.971 bits per heavy atom. The first kappa shape index (κ1) is 24.0. The van der Waals surface area contributed by atoms with Gasteiger partial charge in [0, 0.05) is 12.2 Å². The van der Waals surface area contributed by atoms with Gasteiger partial charge in [-0.25, -0.2) is 4.85 Å². The molecule has 0 radical (unpaired) electrons. The van der Waals surface area contributed by atoms with Gasteiger partial charge < -0.3 is 14.5 Å². The van der Waals surface area contributed by atoms with E-state index in [0.29, 0.717) is 30.9 Å². The van der Waals surface area contributed by atoms with Crippen LogP contribution in [0.15, 0.2) is 72.8 Å². The summed E-state index contributed by atoms with van der Waals surface area (Å²) in [6, 6.07) is 23.3. The smallest absolute Gasteiger partial charge is 0.252 e. The van der Waals surface area contributed by atoms with Crippen molar-refractivity contribution in [3.8, 4) is 16.9 Å². The zero-order chi connectivity index (χ0) is 25.0. The molecule has 1 fully saturated rings. The second-order valence-corrected chi connectivity index (χ2v) is 9.17. The van der Waals surface area contributed by atoms with Gasteiger partial charge in [-0.15, -0.1) is 0 Å². The maximum Gasteiger partial charge on any atom is 0.252 e. The predicted octanol–water partition coefficient (Wildman–Crippen LogP) is 5.64. The van der Waals surface area contributed by atoms with Crippen molar-refractivity contribution >= 4 is 23.2 Å². The molecule has 0 unspecified atom stereocenters. The van der Waals surface area contributed by atoms with Crippen LogP contribution in [0.1, 0.15) is 25.8 Å². The molecule has 3 aromatic rings. The quantitative estimate of drug-likeness (QED) is 0.334. The van der Waals surface area contributed by atoms with E-state index in [0.717, 1.165) is 22.4 Å². The average molecular weight is 468 g/mol. The van der Waals surface area contributed by atoms with Crippen molar-refractivity contribution < 1.29 is 14.3 Å². The Morgan fingerprint density at radius 2 is 1.66 bits per heavy atom. The highest BCUT2D eigenvalue weighted by molar-refractivity contribution is 6.08. The normalized spacial score (nSPS) is 15.1. The number of hydrogen-bond acceptors (Lipinski definition) is 3. The molecule has 1 saturated heterocycles.